The van der Waals surface area contributed by atoms with Gasteiger partial charge >= 0.3 is 0 Å². The number of nitrogens with zero attached hydrogens (tertiary/aromatic N) is 3. The van der Waals surface area contributed by atoms with Gasteiger partial charge in [-0.3, -0.25) is 4.98 Å². The minimum atomic E-state index is 0.345. The second-order valence-electron chi connectivity index (χ2n) is 6.90. The van der Waals surface area contributed by atoms with Gasteiger partial charge in [0.25, 0.3) is 0 Å². The highest BCUT2D eigenvalue weighted by molar-refractivity contribution is 5.85. The number of hydrogen-bond acceptors (Lipinski definition) is 3. The van der Waals surface area contributed by atoms with Crippen molar-refractivity contribution in [1.29, 1.82) is 0 Å². The molecule has 2 aliphatic rings. The summed E-state index contributed by atoms with van der Waals surface area (Å²) in [5.74, 6) is 0. The van der Waals surface area contributed by atoms with Crippen molar-refractivity contribution in [2.24, 2.45) is 0 Å². The van der Waals surface area contributed by atoms with Gasteiger partial charge in [0, 0.05) is 12.2 Å². The van der Waals surface area contributed by atoms with Crippen molar-refractivity contribution in [2.45, 2.75) is 58.7 Å². The molecule has 0 radical (unpaired) electrons. The van der Waals surface area contributed by atoms with Crippen molar-refractivity contribution in [2.75, 3.05) is 9.80 Å². The van der Waals surface area contributed by atoms with Crippen LogP contribution in [0.3, 0.4) is 0 Å². The average Bonchev–Trinajstić information content (AvgIpc) is 3.14. The standard InChI is InChI=1S/C20H25N3/c1-14-12-13-21-15(2)20(14)23-16(3)22(17-8-4-5-9-17)18-10-6-7-11-19(18)23/h6-7,10-13,16-17H,4-5,8-9H2,1-3H3/t16-/m1/s1. The zero-order valence-electron chi connectivity index (χ0n) is 14.3. The maximum atomic E-state index is 4.55. The number of hydrogen-bond donors (Lipinski definition) is 0. The molecule has 0 N–H and O–H groups in total. The number of benzene rings is 1. The van der Waals surface area contributed by atoms with Crippen LogP contribution in [0.1, 0.15) is 43.9 Å². The molecule has 23 heavy (non-hydrogen) atoms. The Morgan fingerprint density at radius 2 is 1.70 bits per heavy atom. The fourth-order valence-electron chi connectivity index (χ4n) is 4.46. The molecule has 3 nitrogen and oxygen atoms in total. The number of fused-ring (bicyclic) bond motifs is 1. The fraction of sp³-hybridized carbons (Fsp3) is 0.450. The Labute approximate surface area is 139 Å². The van der Waals surface area contributed by atoms with Crippen LogP contribution < -0.4 is 9.80 Å². The lowest BCUT2D eigenvalue weighted by molar-refractivity contribution is 0.554. The molecule has 4 rings (SSSR count). The predicted octanol–water partition coefficient (Wildman–Crippen LogP) is 4.95. The Kier molecular flexibility index (Phi) is 3.51. The Morgan fingerprint density at radius 1 is 1.00 bits per heavy atom. The second-order valence-corrected chi connectivity index (χ2v) is 6.90. The van der Waals surface area contributed by atoms with Crippen molar-refractivity contribution >= 4 is 17.1 Å². The van der Waals surface area contributed by atoms with Gasteiger partial charge in [-0.15, -0.1) is 0 Å². The number of pyridine rings is 1. The molecule has 1 aliphatic carbocycles. The van der Waals surface area contributed by atoms with Crippen LogP contribution in [0, 0.1) is 13.8 Å². The number of anilines is 3. The van der Waals surface area contributed by atoms with Crippen LogP contribution in [0.15, 0.2) is 36.5 Å². The summed E-state index contributed by atoms with van der Waals surface area (Å²) in [6.07, 6.45) is 7.61. The van der Waals surface area contributed by atoms with E-state index in [1.165, 1.54) is 48.3 Å². The molecule has 2 heterocycles. The van der Waals surface area contributed by atoms with Crippen molar-refractivity contribution in [1.82, 2.24) is 4.98 Å². The smallest absolute Gasteiger partial charge is 0.104 e. The molecular weight excluding hydrogens is 282 g/mol. The highest BCUT2D eigenvalue weighted by atomic mass is 15.4. The monoisotopic (exact) mass is 307 g/mol. The van der Waals surface area contributed by atoms with E-state index in [1.54, 1.807) is 0 Å². The first-order valence-corrected chi connectivity index (χ1v) is 8.77. The Bertz CT molecular complexity index is 698. The van der Waals surface area contributed by atoms with Crippen LogP contribution in [0.4, 0.5) is 17.1 Å². The number of rotatable bonds is 2. The van der Waals surface area contributed by atoms with E-state index in [1.807, 2.05) is 6.20 Å². The minimum Gasteiger partial charge on any atom is -0.346 e. The number of aryl methyl sites for hydroxylation is 2. The first-order valence-electron chi connectivity index (χ1n) is 8.77. The normalized spacial score (nSPS) is 21.1. The van der Waals surface area contributed by atoms with E-state index in [-0.39, 0.29) is 0 Å². The molecule has 0 amide bonds. The third-order valence-electron chi connectivity index (χ3n) is 5.46. The zero-order valence-corrected chi connectivity index (χ0v) is 14.3. The topological polar surface area (TPSA) is 19.4 Å². The summed E-state index contributed by atoms with van der Waals surface area (Å²) < 4.78 is 0. The van der Waals surface area contributed by atoms with E-state index in [2.05, 4.69) is 65.9 Å². The van der Waals surface area contributed by atoms with Crippen molar-refractivity contribution in [3.63, 3.8) is 0 Å². The lowest BCUT2D eigenvalue weighted by atomic mass is 10.1. The number of aromatic nitrogens is 1. The lowest BCUT2D eigenvalue weighted by Crippen LogP contribution is -2.44. The molecule has 120 valence electrons. The third-order valence-corrected chi connectivity index (χ3v) is 5.46. The summed E-state index contributed by atoms with van der Waals surface area (Å²) in [6.45, 7) is 6.65. The first-order chi connectivity index (χ1) is 11.2. The molecule has 0 spiro atoms. The van der Waals surface area contributed by atoms with Crippen molar-refractivity contribution in [3.05, 3.63) is 47.8 Å². The van der Waals surface area contributed by atoms with Crippen LogP contribution in [-0.4, -0.2) is 17.2 Å². The van der Waals surface area contributed by atoms with Crippen LogP contribution >= 0.6 is 0 Å². The van der Waals surface area contributed by atoms with Gasteiger partial charge in [-0.25, -0.2) is 0 Å². The van der Waals surface area contributed by atoms with E-state index in [0.717, 1.165) is 5.69 Å². The molecule has 0 saturated heterocycles. The summed E-state index contributed by atoms with van der Waals surface area (Å²) in [7, 11) is 0. The summed E-state index contributed by atoms with van der Waals surface area (Å²) in [5.41, 5.74) is 6.39. The quantitative estimate of drug-likeness (QED) is 0.783. The van der Waals surface area contributed by atoms with Gasteiger partial charge in [-0.05, 0) is 57.4 Å². The average molecular weight is 307 g/mol. The molecule has 0 unspecified atom stereocenters. The molecule has 1 aliphatic heterocycles. The maximum absolute atomic E-state index is 4.55. The number of para-hydroxylation sites is 2. The molecule has 2 aromatic rings. The minimum absolute atomic E-state index is 0.345. The molecule has 1 aromatic heterocycles. The zero-order chi connectivity index (χ0) is 16.0. The summed E-state index contributed by atoms with van der Waals surface area (Å²) >= 11 is 0. The van der Waals surface area contributed by atoms with Gasteiger partial charge in [0.05, 0.1) is 22.8 Å². The molecule has 3 heteroatoms. The summed E-state index contributed by atoms with van der Waals surface area (Å²) in [6, 6.07) is 11.7. The van der Waals surface area contributed by atoms with Gasteiger partial charge in [-0.2, -0.15) is 0 Å². The molecule has 0 bridgehead atoms. The van der Waals surface area contributed by atoms with Gasteiger partial charge < -0.3 is 9.80 Å². The van der Waals surface area contributed by atoms with Crippen LogP contribution in [0.2, 0.25) is 0 Å². The van der Waals surface area contributed by atoms with Gasteiger partial charge in [0.2, 0.25) is 0 Å². The molecular formula is C20H25N3. The van der Waals surface area contributed by atoms with E-state index in [9.17, 15) is 0 Å². The maximum Gasteiger partial charge on any atom is 0.104 e. The second kappa shape index (κ2) is 5.55. The van der Waals surface area contributed by atoms with E-state index in [0.29, 0.717) is 12.2 Å². The first kappa shape index (κ1) is 14.6. The largest absolute Gasteiger partial charge is 0.346 e. The highest BCUT2D eigenvalue weighted by Crippen LogP contribution is 2.48. The Hall–Kier alpha value is -2.03. The Balaban J connectivity index is 1.85. The molecule has 1 atom stereocenters. The van der Waals surface area contributed by atoms with Gasteiger partial charge in [0.15, 0.2) is 0 Å². The van der Waals surface area contributed by atoms with Crippen LogP contribution in [0.5, 0.6) is 0 Å². The van der Waals surface area contributed by atoms with E-state index < -0.39 is 0 Å². The van der Waals surface area contributed by atoms with Gasteiger partial charge in [0.1, 0.15) is 6.17 Å². The molecule has 1 aromatic carbocycles. The van der Waals surface area contributed by atoms with E-state index in [4.69, 9.17) is 0 Å². The molecule has 1 fully saturated rings. The molecule has 1 saturated carbocycles. The third kappa shape index (κ3) is 2.21. The predicted molar refractivity (Wildman–Crippen MR) is 96.5 cm³/mol. The van der Waals surface area contributed by atoms with Crippen LogP contribution in [-0.2, 0) is 0 Å². The summed E-state index contributed by atoms with van der Waals surface area (Å²) in [4.78, 5) is 9.69. The van der Waals surface area contributed by atoms with Crippen molar-refractivity contribution in [3.8, 4) is 0 Å². The SMILES string of the molecule is Cc1ccnc(C)c1N1c2ccccc2N(C2CCCC2)[C@H]1C. The van der Waals surface area contributed by atoms with Crippen LogP contribution in [0.25, 0.3) is 0 Å². The fourth-order valence-corrected chi connectivity index (χ4v) is 4.46. The highest BCUT2D eigenvalue weighted by Gasteiger charge is 2.39. The van der Waals surface area contributed by atoms with Crippen molar-refractivity contribution < 1.29 is 0 Å². The van der Waals surface area contributed by atoms with Gasteiger partial charge in [-0.1, -0.05) is 25.0 Å². The summed E-state index contributed by atoms with van der Waals surface area (Å²) in [5, 5.41) is 0. The van der Waals surface area contributed by atoms with E-state index >= 15 is 0 Å². The Morgan fingerprint density at radius 3 is 2.39 bits per heavy atom. The lowest BCUT2D eigenvalue weighted by Gasteiger charge is -2.35.